The van der Waals surface area contributed by atoms with Crippen LogP contribution in [0.25, 0.3) is 11.0 Å². The molecule has 0 bridgehead atoms. The number of amides is 1. The van der Waals surface area contributed by atoms with Crippen LogP contribution in [0.3, 0.4) is 0 Å². The van der Waals surface area contributed by atoms with Gasteiger partial charge in [-0.05, 0) is 76.2 Å². The van der Waals surface area contributed by atoms with Crippen molar-refractivity contribution in [1.82, 2.24) is 25.1 Å². The third-order valence-electron chi connectivity index (χ3n) is 4.72. The first-order valence-electron chi connectivity index (χ1n) is 8.88. The lowest BCUT2D eigenvalue weighted by Crippen LogP contribution is -2.57. The van der Waals surface area contributed by atoms with Crippen LogP contribution in [-0.4, -0.2) is 50.1 Å². The Balaban J connectivity index is 2.18. The van der Waals surface area contributed by atoms with Gasteiger partial charge >= 0.3 is 6.09 Å². The lowest BCUT2D eigenvalue weighted by Gasteiger charge is -2.43. The Morgan fingerprint density at radius 2 is 1.96 bits per heavy atom. The highest BCUT2D eigenvalue weighted by molar-refractivity contribution is 14.1. The van der Waals surface area contributed by atoms with Gasteiger partial charge in [0.2, 0.25) is 5.95 Å². The zero-order valence-electron chi connectivity index (χ0n) is 16.2. The maximum absolute atomic E-state index is 13.2. The van der Waals surface area contributed by atoms with E-state index >= 15 is 0 Å². The number of aromatic nitrogens is 4. The van der Waals surface area contributed by atoms with Crippen molar-refractivity contribution in [2.45, 2.75) is 51.7 Å². The fourth-order valence-electron chi connectivity index (χ4n) is 3.25. The highest BCUT2D eigenvalue weighted by Crippen LogP contribution is 2.32. The SMILES string of the molecule is Cn1c(N(C(=O)OC(C)(C)C)C2(C)CCNCC2)nc2n[nH]c(I)c2c1=O. The van der Waals surface area contributed by atoms with Crippen LogP contribution in [0.5, 0.6) is 0 Å². The molecule has 0 spiro atoms. The number of H-pyrrole nitrogens is 1. The van der Waals surface area contributed by atoms with Gasteiger partial charge in [0.15, 0.2) is 5.65 Å². The fourth-order valence-corrected chi connectivity index (χ4v) is 3.84. The van der Waals surface area contributed by atoms with Crippen LogP contribution in [-0.2, 0) is 11.8 Å². The van der Waals surface area contributed by atoms with E-state index < -0.39 is 17.2 Å². The first kappa shape index (κ1) is 20.1. The maximum Gasteiger partial charge on any atom is 0.417 e. The van der Waals surface area contributed by atoms with Gasteiger partial charge in [-0.1, -0.05) is 0 Å². The Morgan fingerprint density at radius 3 is 2.56 bits per heavy atom. The summed E-state index contributed by atoms with van der Waals surface area (Å²) in [5, 5.41) is 10.6. The van der Waals surface area contributed by atoms with Crippen LogP contribution in [0.15, 0.2) is 4.79 Å². The fraction of sp³-hybridized carbons (Fsp3) is 0.647. The van der Waals surface area contributed by atoms with E-state index in [-0.39, 0.29) is 11.5 Å². The Kier molecular flexibility index (Phi) is 5.23. The van der Waals surface area contributed by atoms with E-state index in [4.69, 9.17) is 4.74 Å². The Morgan fingerprint density at radius 1 is 1.33 bits per heavy atom. The third kappa shape index (κ3) is 3.82. The van der Waals surface area contributed by atoms with E-state index in [9.17, 15) is 9.59 Å². The quantitative estimate of drug-likeness (QED) is 0.628. The van der Waals surface area contributed by atoms with Crippen LogP contribution in [0.4, 0.5) is 10.7 Å². The summed E-state index contributed by atoms with van der Waals surface area (Å²) in [6.07, 6.45) is 0.926. The van der Waals surface area contributed by atoms with Gasteiger partial charge in [-0.25, -0.2) is 9.69 Å². The van der Waals surface area contributed by atoms with Crippen molar-refractivity contribution in [1.29, 1.82) is 0 Å². The van der Waals surface area contributed by atoms with Crippen LogP contribution >= 0.6 is 22.6 Å². The minimum atomic E-state index is -0.663. The molecule has 1 fully saturated rings. The third-order valence-corrected chi connectivity index (χ3v) is 5.50. The highest BCUT2D eigenvalue weighted by atomic mass is 127. The molecule has 9 nitrogen and oxygen atoms in total. The van der Waals surface area contributed by atoms with Gasteiger partial charge in [0.25, 0.3) is 5.56 Å². The summed E-state index contributed by atoms with van der Waals surface area (Å²) in [6, 6.07) is 0. The average Bonchev–Trinajstić information content (AvgIpc) is 2.92. The average molecular weight is 488 g/mol. The van der Waals surface area contributed by atoms with Crippen LogP contribution in [0.1, 0.15) is 40.5 Å². The largest absolute Gasteiger partial charge is 0.443 e. The highest BCUT2D eigenvalue weighted by Gasteiger charge is 2.42. The number of anilines is 1. The molecule has 0 unspecified atom stereocenters. The molecule has 0 aliphatic carbocycles. The molecule has 3 heterocycles. The second-order valence-electron chi connectivity index (χ2n) is 8.07. The summed E-state index contributed by atoms with van der Waals surface area (Å²) < 4.78 is 7.69. The van der Waals surface area contributed by atoms with Crippen LogP contribution < -0.4 is 15.8 Å². The van der Waals surface area contributed by atoms with E-state index in [1.807, 2.05) is 50.3 Å². The molecule has 2 aromatic heterocycles. The number of rotatable bonds is 2. The molecule has 1 aliphatic heterocycles. The summed E-state index contributed by atoms with van der Waals surface area (Å²) in [5.74, 6) is 0.244. The number of hydrogen-bond acceptors (Lipinski definition) is 6. The molecule has 1 aliphatic rings. The lowest BCUT2D eigenvalue weighted by atomic mass is 9.89. The summed E-state index contributed by atoms with van der Waals surface area (Å²) in [7, 11) is 1.62. The lowest BCUT2D eigenvalue weighted by molar-refractivity contribution is 0.0522. The van der Waals surface area contributed by atoms with E-state index in [2.05, 4.69) is 20.5 Å². The Labute approximate surface area is 171 Å². The number of ether oxygens (including phenoxy) is 1. The Hall–Kier alpha value is -1.69. The molecule has 2 N–H and O–H groups in total. The number of aromatic amines is 1. The molecule has 0 aromatic carbocycles. The van der Waals surface area contributed by atoms with E-state index in [1.54, 1.807) is 7.05 Å². The first-order valence-corrected chi connectivity index (χ1v) is 9.96. The van der Waals surface area contributed by atoms with Crippen molar-refractivity contribution in [3.05, 3.63) is 14.1 Å². The summed E-state index contributed by atoms with van der Waals surface area (Å²) in [5.41, 5.74) is -1.14. The summed E-state index contributed by atoms with van der Waals surface area (Å²) in [6.45, 7) is 9.00. The smallest absolute Gasteiger partial charge is 0.417 e. The maximum atomic E-state index is 13.2. The number of nitrogens with zero attached hydrogens (tertiary/aromatic N) is 4. The molecule has 10 heteroatoms. The van der Waals surface area contributed by atoms with Gasteiger partial charge in [0, 0.05) is 7.05 Å². The molecular formula is C17H25IN6O3. The van der Waals surface area contributed by atoms with Crippen molar-refractivity contribution in [2.24, 2.45) is 7.05 Å². The summed E-state index contributed by atoms with van der Waals surface area (Å²) in [4.78, 5) is 32.1. The molecule has 0 radical (unpaired) electrons. The van der Waals surface area contributed by atoms with E-state index in [0.717, 1.165) is 25.9 Å². The van der Waals surface area contributed by atoms with Crippen LogP contribution in [0, 0.1) is 3.70 Å². The molecule has 27 heavy (non-hydrogen) atoms. The van der Waals surface area contributed by atoms with Gasteiger partial charge in [0.05, 0.1) is 5.54 Å². The van der Waals surface area contributed by atoms with Crippen molar-refractivity contribution in [3.8, 4) is 0 Å². The van der Waals surface area contributed by atoms with Gasteiger partial charge in [0.1, 0.15) is 14.7 Å². The monoisotopic (exact) mass is 488 g/mol. The second-order valence-corrected chi connectivity index (χ2v) is 9.15. The summed E-state index contributed by atoms with van der Waals surface area (Å²) >= 11 is 2.02. The van der Waals surface area contributed by atoms with Crippen molar-refractivity contribution in [3.63, 3.8) is 0 Å². The minimum absolute atomic E-state index is 0.244. The van der Waals surface area contributed by atoms with Crippen molar-refractivity contribution < 1.29 is 9.53 Å². The molecule has 1 saturated heterocycles. The number of carbonyl (C=O) groups excluding carboxylic acids is 1. The van der Waals surface area contributed by atoms with Gasteiger partial charge < -0.3 is 10.1 Å². The van der Waals surface area contributed by atoms with Crippen molar-refractivity contribution in [2.75, 3.05) is 18.0 Å². The minimum Gasteiger partial charge on any atom is -0.443 e. The first-order chi connectivity index (χ1) is 12.5. The van der Waals surface area contributed by atoms with E-state index in [1.165, 1.54) is 9.47 Å². The topological polar surface area (TPSA) is 105 Å². The van der Waals surface area contributed by atoms with Crippen LogP contribution in [0.2, 0.25) is 0 Å². The van der Waals surface area contributed by atoms with Gasteiger partial charge in [-0.2, -0.15) is 10.1 Å². The number of fused-ring (bicyclic) bond motifs is 1. The molecule has 2 aromatic rings. The van der Waals surface area contributed by atoms with Gasteiger partial charge in [-0.3, -0.25) is 14.5 Å². The predicted molar refractivity (Wildman–Crippen MR) is 111 cm³/mol. The number of nitrogens with one attached hydrogen (secondary N) is 2. The predicted octanol–water partition coefficient (Wildman–Crippen LogP) is 2.14. The van der Waals surface area contributed by atoms with Gasteiger partial charge in [-0.15, -0.1) is 0 Å². The standard InChI is InChI=1S/C17H25IN6O3/c1-16(2,3)27-15(26)24(17(4)6-8-19-9-7-17)14-20-12-10(11(18)21-22-12)13(25)23(14)5/h19H,6-9H2,1-5H3,(H,21,22). The molecular weight excluding hydrogens is 463 g/mol. The zero-order valence-corrected chi connectivity index (χ0v) is 18.4. The molecule has 0 atom stereocenters. The number of halogens is 1. The number of piperidine rings is 1. The molecule has 0 saturated carbocycles. The van der Waals surface area contributed by atoms with Crippen molar-refractivity contribution >= 4 is 45.7 Å². The molecule has 148 valence electrons. The van der Waals surface area contributed by atoms with E-state index in [0.29, 0.717) is 14.7 Å². The molecule has 1 amide bonds. The normalized spacial score (nSPS) is 17.1. The number of hydrogen-bond donors (Lipinski definition) is 2. The zero-order chi connectivity index (χ0) is 20.0. The second kappa shape index (κ2) is 7.04. The Bertz CT molecular complexity index is 923. The molecule has 3 rings (SSSR count). The number of carbonyl (C=O) groups is 1.